The summed E-state index contributed by atoms with van der Waals surface area (Å²) in [5, 5.41) is 8.27. The topological polar surface area (TPSA) is 33.1 Å². The zero-order valence-corrected chi connectivity index (χ0v) is 14.0. The number of nitrogens with one attached hydrogen (secondary N) is 1. The first-order valence-corrected chi connectivity index (χ1v) is 8.54. The molecule has 0 amide bonds. The molecule has 1 saturated heterocycles. The number of hydrogen-bond donors (Lipinski definition) is 1. The zero-order valence-electron chi connectivity index (χ0n) is 14.0. The van der Waals surface area contributed by atoms with Crippen LogP contribution in [-0.2, 0) is 13.6 Å². The number of hydrogen-bond acceptors (Lipinski definition) is 3. The fourth-order valence-corrected chi connectivity index (χ4v) is 4.19. The number of rotatable bonds is 5. The maximum absolute atomic E-state index is 4.68. The largest absolute Gasteiger partial charge is 0.356 e. The molecule has 1 aliphatic heterocycles. The van der Waals surface area contributed by atoms with Gasteiger partial charge in [-0.15, -0.1) is 0 Å². The van der Waals surface area contributed by atoms with Crippen LogP contribution in [0.4, 0.5) is 5.82 Å². The van der Waals surface area contributed by atoms with Crippen LogP contribution in [0.25, 0.3) is 0 Å². The molecule has 4 nitrogen and oxygen atoms in total. The number of nitrogens with zero attached hydrogens (tertiary/aromatic N) is 3. The average Bonchev–Trinajstić information content (AvgIpc) is 3.03. The van der Waals surface area contributed by atoms with E-state index >= 15 is 0 Å². The van der Waals surface area contributed by atoms with Gasteiger partial charge < -0.3 is 10.2 Å². The molecular weight excluding hydrogens is 260 g/mol. The molecular formula is C17H30N4. The highest BCUT2D eigenvalue weighted by Gasteiger charge is 2.37. The fourth-order valence-electron chi connectivity index (χ4n) is 4.19. The van der Waals surface area contributed by atoms with Crippen molar-refractivity contribution in [3.63, 3.8) is 0 Å². The van der Waals surface area contributed by atoms with Gasteiger partial charge in [-0.2, -0.15) is 5.10 Å². The van der Waals surface area contributed by atoms with Crippen LogP contribution in [-0.4, -0.2) is 29.4 Å². The minimum absolute atomic E-state index is 0.691. The first kappa shape index (κ1) is 14.9. The normalized spacial score (nSPS) is 25.1. The standard InChI is InChI=1S/C17H30N4/c1-12(2)8-18-9-16-13(3)19-20(4)17(16)21-10-14-6-5-7-15(14)11-21/h12,14-15,18H,5-11H2,1-4H3. The lowest BCUT2D eigenvalue weighted by Crippen LogP contribution is -2.26. The van der Waals surface area contributed by atoms with Gasteiger partial charge in [0.1, 0.15) is 5.82 Å². The van der Waals surface area contributed by atoms with Gasteiger partial charge in [-0.3, -0.25) is 4.68 Å². The van der Waals surface area contributed by atoms with Crippen molar-refractivity contribution in [2.75, 3.05) is 24.5 Å². The maximum atomic E-state index is 4.68. The van der Waals surface area contributed by atoms with E-state index in [0.29, 0.717) is 5.92 Å². The molecule has 0 aromatic carbocycles. The Hall–Kier alpha value is -1.03. The molecule has 0 radical (unpaired) electrons. The van der Waals surface area contributed by atoms with Gasteiger partial charge in [0.15, 0.2) is 0 Å². The summed E-state index contributed by atoms with van der Waals surface area (Å²) in [7, 11) is 2.10. The van der Waals surface area contributed by atoms with E-state index < -0.39 is 0 Å². The van der Waals surface area contributed by atoms with Crippen molar-refractivity contribution in [3.8, 4) is 0 Å². The van der Waals surface area contributed by atoms with Crippen molar-refractivity contribution < 1.29 is 0 Å². The lowest BCUT2D eigenvalue weighted by Gasteiger charge is -2.22. The Labute approximate surface area is 128 Å². The van der Waals surface area contributed by atoms with E-state index in [0.717, 1.165) is 24.9 Å². The fraction of sp³-hybridized carbons (Fsp3) is 0.824. The van der Waals surface area contributed by atoms with Gasteiger partial charge in [0, 0.05) is 32.2 Å². The van der Waals surface area contributed by atoms with Crippen LogP contribution in [0.15, 0.2) is 0 Å². The van der Waals surface area contributed by atoms with Crippen LogP contribution < -0.4 is 10.2 Å². The van der Waals surface area contributed by atoms with Crippen LogP contribution in [0.3, 0.4) is 0 Å². The Bertz CT molecular complexity index is 479. The summed E-state index contributed by atoms with van der Waals surface area (Å²) in [4.78, 5) is 2.60. The van der Waals surface area contributed by atoms with Gasteiger partial charge in [0.05, 0.1) is 5.69 Å². The second kappa shape index (κ2) is 5.99. The molecule has 118 valence electrons. The predicted molar refractivity (Wildman–Crippen MR) is 87.5 cm³/mol. The smallest absolute Gasteiger partial charge is 0.131 e. The highest BCUT2D eigenvalue weighted by atomic mass is 15.4. The summed E-state index contributed by atoms with van der Waals surface area (Å²) < 4.78 is 2.10. The van der Waals surface area contributed by atoms with Gasteiger partial charge in [0.25, 0.3) is 0 Å². The van der Waals surface area contributed by atoms with Crippen molar-refractivity contribution in [1.82, 2.24) is 15.1 Å². The van der Waals surface area contributed by atoms with Crippen molar-refractivity contribution >= 4 is 5.82 Å². The maximum Gasteiger partial charge on any atom is 0.131 e. The van der Waals surface area contributed by atoms with Gasteiger partial charge in [0.2, 0.25) is 0 Å². The molecule has 1 saturated carbocycles. The lowest BCUT2D eigenvalue weighted by atomic mass is 10.0. The van der Waals surface area contributed by atoms with Gasteiger partial charge in [-0.05, 0) is 44.1 Å². The van der Waals surface area contributed by atoms with Crippen molar-refractivity contribution in [1.29, 1.82) is 0 Å². The van der Waals surface area contributed by atoms with Gasteiger partial charge in [-0.25, -0.2) is 0 Å². The Balaban J connectivity index is 1.75. The number of aromatic nitrogens is 2. The quantitative estimate of drug-likeness (QED) is 0.905. The number of aryl methyl sites for hydroxylation is 2. The summed E-state index contributed by atoms with van der Waals surface area (Å²) in [6, 6.07) is 0. The molecule has 2 heterocycles. The highest BCUT2D eigenvalue weighted by Crippen LogP contribution is 2.40. The van der Waals surface area contributed by atoms with Crippen molar-refractivity contribution in [2.45, 2.75) is 46.6 Å². The van der Waals surface area contributed by atoms with Gasteiger partial charge in [-0.1, -0.05) is 20.3 Å². The van der Waals surface area contributed by atoms with Crippen LogP contribution in [0.5, 0.6) is 0 Å². The molecule has 4 heteroatoms. The van der Waals surface area contributed by atoms with E-state index in [1.807, 2.05) is 0 Å². The summed E-state index contributed by atoms with van der Waals surface area (Å²) >= 11 is 0. The predicted octanol–water partition coefficient (Wildman–Crippen LogP) is 2.71. The second-order valence-electron chi connectivity index (χ2n) is 7.39. The molecule has 1 N–H and O–H groups in total. The Morgan fingerprint density at radius 1 is 1.24 bits per heavy atom. The van der Waals surface area contributed by atoms with Crippen LogP contribution >= 0.6 is 0 Å². The molecule has 1 aromatic rings. The van der Waals surface area contributed by atoms with E-state index in [1.54, 1.807) is 0 Å². The molecule has 2 aliphatic rings. The third-order valence-corrected chi connectivity index (χ3v) is 5.19. The number of anilines is 1. The van der Waals surface area contributed by atoms with Crippen molar-refractivity contribution in [2.24, 2.45) is 24.8 Å². The Morgan fingerprint density at radius 3 is 2.52 bits per heavy atom. The van der Waals surface area contributed by atoms with Crippen LogP contribution in [0.1, 0.15) is 44.4 Å². The summed E-state index contributed by atoms with van der Waals surface area (Å²) in [6.45, 7) is 11.1. The molecule has 1 aromatic heterocycles. The molecule has 2 fully saturated rings. The Kier molecular flexibility index (Phi) is 4.25. The first-order chi connectivity index (χ1) is 10.1. The highest BCUT2D eigenvalue weighted by molar-refractivity contribution is 5.51. The Morgan fingerprint density at radius 2 is 1.90 bits per heavy atom. The van der Waals surface area contributed by atoms with E-state index in [-0.39, 0.29) is 0 Å². The average molecular weight is 290 g/mol. The molecule has 2 atom stereocenters. The minimum atomic E-state index is 0.691. The van der Waals surface area contributed by atoms with Gasteiger partial charge >= 0.3 is 0 Å². The zero-order chi connectivity index (χ0) is 15.0. The summed E-state index contributed by atoms with van der Waals surface area (Å²) in [5.74, 6) is 3.91. The van der Waals surface area contributed by atoms with Crippen LogP contribution in [0.2, 0.25) is 0 Å². The van der Waals surface area contributed by atoms with E-state index in [1.165, 1.54) is 49.4 Å². The molecule has 3 rings (SSSR count). The van der Waals surface area contributed by atoms with Crippen LogP contribution in [0, 0.1) is 24.7 Å². The van der Waals surface area contributed by atoms with E-state index in [4.69, 9.17) is 0 Å². The lowest BCUT2D eigenvalue weighted by molar-refractivity contribution is 0.494. The second-order valence-corrected chi connectivity index (χ2v) is 7.39. The third-order valence-electron chi connectivity index (χ3n) is 5.19. The molecule has 1 aliphatic carbocycles. The summed E-state index contributed by atoms with van der Waals surface area (Å²) in [6.07, 6.45) is 4.30. The minimum Gasteiger partial charge on any atom is -0.356 e. The molecule has 21 heavy (non-hydrogen) atoms. The monoisotopic (exact) mass is 290 g/mol. The van der Waals surface area contributed by atoms with E-state index in [2.05, 4.69) is 47.8 Å². The summed E-state index contributed by atoms with van der Waals surface area (Å²) in [5.41, 5.74) is 2.58. The van der Waals surface area contributed by atoms with E-state index in [9.17, 15) is 0 Å². The first-order valence-electron chi connectivity index (χ1n) is 8.54. The molecule has 0 spiro atoms. The third kappa shape index (κ3) is 2.96. The number of fused-ring (bicyclic) bond motifs is 1. The molecule has 2 unspecified atom stereocenters. The van der Waals surface area contributed by atoms with Crippen molar-refractivity contribution in [3.05, 3.63) is 11.3 Å². The SMILES string of the molecule is Cc1nn(C)c(N2CC3CCCC3C2)c1CNCC(C)C. The molecule has 0 bridgehead atoms.